The van der Waals surface area contributed by atoms with Crippen molar-refractivity contribution >= 4 is 17.7 Å². The predicted octanol–water partition coefficient (Wildman–Crippen LogP) is 2.89. The number of allylic oxidation sites excluding steroid dienone is 2. The van der Waals surface area contributed by atoms with Crippen molar-refractivity contribution in [1.82, 2.24) is 4.98 Å². The summed E-state index contributed by atoms with van der Waals surface area (Å²) in [6, 6.07) is 0. The molecule has 1 aromatic rings. The first kappa shape index (κ1) is 18.0. The third kappa shape index (κ3) is 3.58. The van der Waals surface area contributed by atoms with Crippen LogP contribution in [0.4, 0.5) is 0 Å². The molecule has 0 radical (unpaired) electrons. The molecular formula is C18H23NO5. The number of aromatic nitrogens is 1. The molecule has 2 unspecified atom stereocenters. The third-order valence-electron chi connectivity index (χ3n) is 4.34. The molecule has 1 N–H and O–H groups in total. The maximum Gasteiger partial charge on any atom is 0.339 e. The summed E-state index contributed by atoms with van der Waals surface area (Å²) in [4.78, 5) is 39.5. The number of carbonyl (C=O) groups is 3. The van der Waals surface area contributed by atoms with E-state index >= 15 is 0 Å². The molecule has 6 heteroatoms. The van der Waals surface area contributed by atoms with E-state index in [4.69, 9.17) is 9.47 Å². The van der Waals surface area contributed by atoms with Crippen molar-refractivity contribution in [3.05, 3.63) is 34.7 Å². The Hall–Kier alpha value is -2.37. The van der Waals surface area contributed by atoms with Crippen molar-refractivity contribution < 1.29 is 23.9 Å². The van der Waals surface area contributed by atoms with Crippen LogP contribution in [-0.4, -0.2) is 35.9 Å². The van der Waals surface area contributed by atoms with E-state index < -0.39 is 12.1 Å². The predicted molar refractivity (Wildman–Crippen MR) is 88.0 cm³/mol. The number of methoxy groups -OCH3 is 1. The lowest BCUT2D eigenvalue weighted by atomic mass is 9.94. The Morgan fingerprint density at radius 2 is 1.96 bits per heavy atom. The number of aromatic amines is 1. The number of esters is 2. The van der Waals surface area contributed by atoms with Gasteiger partial charge < -0.3 is 14.5 Å². The highest BCUT2D eigenvalue weighted by molar-refractivity contribution is 6.04. The van der Waals surface area contributed by atoms with Crippen LogP contribution in [0.5, 0.6) is 0 Å². The number of hydrogen-bond acceptors (Lipinski definition) is 5. The zero-order valence-electron chi connectivity index (χ0n) is 14.5. The quantitative estimate of drug-likeness (QED) is 0.509. The van der Waals surface area contributed by atoms with E-state index in [1.165, 1.54) is 7.11 Å². The van der Waals surface area contributed by atoms with Gasteiger partial charge in [0.05, 0.1) is 24.3 Å². The minimum atomic E-state index is -0.911. The molecule has 0 fully saturated rings. The minimum Gasteiger partial charge on any atom is -0.465 e. The van der Waals surface area contributed by atoms with Gasteiger partial charge in [0.2, 0.25) is 5.78 Å². The van der Waals surface area contributed by atoms with E-state index in [0.29, 0.717) is 23.2 Å². The first-order valence-corrected chi connectivity index (χ1v) is 8.04. The van der Waals surface area contributed by atoms with Crippen LogP contribution in [0.2, 0.25) is 0 Å². The van der Waals surface area contributed by atoms with Crippen LogP contribution in [0, 0.1) is 19.8 Å². The van der Waals surface area contributed by atoms with E-state index in [2.05, 4.69) is 4.98 Å². The Balaban J connectivity index is 2.12. The van der Waals surface area contributed by atoms with Gasteiger partial charge in [-0.2, -0.15) is 0 Å². The fourth-order valence-electron chi connectivity index (χ4n) is 2.94. The largest absolute Gasteiger partial charge is 0.465 e. The monoisotopic (exact) mass is 333 g/mol. The SMILES string of the molecule is COC(=O)c1c(C)[nH]c(C(=O)C(C)OC(=O)C2CC=CCC2)c1C. The Morgan fingerprint density at radius 3 is 2.54 bits per heavy atom. The van der Waals surface area contributed by atoms with Crippen molar-refractivity contribution in [1.29, 1.82) is 0 Å². The summed E-state index contributed by atoms with van der Waals surface area (Å²) in [5.74, 6) is -1.40. The number of aryl methyl sites for hydroxylation is 1. The fraction of sp³-hybridized carbons (Fsp3) is 0.500. The van der Waals surface area contributed by atoms with E-state index in [9.17, 15) is 14.4 Å². The van der Waals surface area contributed by atoms with Crippen LogP contribution in [0.25, 0.3) is 0 Å². The Labute approximate surface area is 141 Å². The summed E-state index contributed by atoms with van der Waals surface area (Å²) < 4.78 is 10.1. The molecule has 0 aromatic carbocycles. The molecule has 6 nitrogen and oxygen atoms in total. The number of nitrogens with one attached hydrogen (secondary N) is 1. The second-order valence-corrected chi connectivity index (χ2v) is 6.04. The summed E-state index contributed by atoms with van der Waals surface area (Å²) in [5, 5.41) is 0. The van der Waals surface area contributed by atoms with Crippen LogP contribution in [0.15, 0.2) is 12.2 Å². The molecule has 2 atom stereocenters. The van der Waals surface area contributed by atoms with Gasteiger partial charge >= 0.3 is 11.9 Å². The van der Waals surface area contributed by atoms with Crippen LogP contribution in [-0.2, 0) is 14.3 Å². The summed E-state index contributed by atoms with van der Waals surface area (Å²) in [5.41, 5.74) is 1.68. The molecular weight excluding hydrogens is 310 g/mol. The molecule has 1 aliphatic carbocycles. The minimum absolute atomic E-state index is 0.192. The molecule has 0 aliphatic heterocycles. The maximum absolute atomic E-state index is 12.6. The highest BCUT2D eigenvalue weighted by atomic mass is 16.5. The summed E-state index contributed by atoms with van der Waals surface area (Å²) in [7, 11) is 1.29. The normalized spacial score (nSPS) is 18.1. The number of H-pyrrole nitrogens is 1. The smallest absolute Gasteiger partial charge is 0.339 e. The topological polar surface area (TPSA) is 85.5 Å². The van der Waals surface area contributed by atoms with Gasteiger partial charge in [0, 0.05) is 5.69 Å². The van der Waals surface area contributed by atoms with Gasteiger partial charge in [-0.25, -0.2) is 4.79 Å². The molecule has 0 bridgehead atoms. The van der Waals surface area contributed by atoms with Crippen LogP contribution in [0.1, 0.15) is 58.3 Å². The van der Waals surface area contributed by atoms with Gasteiger partial charge in [-0.1, -0.05) is 12.2 Å². The van der Waals surface area contributed by atoms with Crippen LogP contribution in [0.3, 0.4) is 0 Å². The lowest BCUT2D eigenvalue weighted by Gasteiger charge is -2.19. The highest BCUT2D eigenvalue weighted by Gasteiger charge is 2.29. The molecule has 0 amide bonds. The van der Waals surface area contributed by atoms with E-state index in [1.54, 1.807) is 20.8 Å². The number of hydrogen-bond donors (Lipinski definition) is 1. The van der Waals surface area contributed by atoms with Crippen molar-refractivity contribution in [3.8, 4) is 0 Å². The van der Waals surface area contributed by atoms with Gasteiger partial charge in [-0.3, -0.25) is 9.59 Å². The van der Waals surface area contributed by atoms with Gasteiger partial charge in [0.1, 0.15) is 0 Å². The van der Waals surface area contributed by atoms with Crippen molar-refractivity contribution in [2.45, 2.75) is 46.1 Å². The number of carbonyl (C=O) groups excluding carboxylic acids is 3. The Kier molecular flexibility index (Phi) is 5.59. The summed E-state index contributed by atoms with van der Waals surface area (Å²) >= 11 is 0. The Morgan fingerprint density at radius 1 is 1.25 bits per heavy atom. The molecule has 1 aliphatic rings. The molecule has 0 saturated carbocycles. The molecule has 2 rings (SSSR count). The number of ether oxygens (including phenoxy) is 2. The highest BCUT2D eigenvalue weighted by Crippen LogP contribution is 2.23. The van der Waals surface area contributed by atoms with E-state index in [0.717, 1.165) is 12.8 Å². The molecule has 1 heterocycles. The van der Waals surface area contributed by atoms with E-state index in [-0.39, 0.29) is 23.4 Å². The molecule has 130 valence electrons. The van der Waals surface area contributed by atoms with Gasteiger partial charge in [-0.05, 0) is 45.6 Å². The van der Waals surface area contributed by atoms with Gasteiger partial charge in [0.25, 0.3) is 0 Å². The number of rotatable bonds is 5. The lowest BCUT2D eigenvalue weighted by Crippen LogP contribution is -2.29. The maximum atomic E-state index is 12.6. The first-order valence-electron chi connectivity index (χ1n) is 8.04. The lowest BCUT2D eigenvalue weighted by molar-refractivity contribution is -0.151. The standard InChI is InChI=1S/C18H23NO5/c1-10-14(18(22)23-4)11(2)19-15(10)16(20)12(3)24-17(21)13-8-6-5-7-9-13/h5-6,12-13,19H,7-9H2,1-4H3. The second-order valence-electron chi connectivity index (χ2n) is 6.04. The number of Topliss-reactive ketones (excluding diaryl/α,β-unsaturated/α-hetero) is 1. The van der Waals surface area contributed by atoms with Crippen molar-refractivity contribution in [3.63, 3.8) is 0 Å². The first-order chi connectivity index (χ1) is 11.4. The molecule has 24 heavy (non-hydrogen) atoms. The second kappa shape index (κ2) is 7.47. The summed E-state index contributed by atoms with van der Waals surface area (Å²) in [6.45, 7) is 4.91. The average molecular weight is 333 g/mol. The molecule has 1 aromatic heterocycles. The fourth-order valence-corrected chi connectivity index (χ4v) is 2.94. The molecule has 0 spiro atoms. The Bertz CT molecular complexity index is 686. The summed E-state index contributed by atoms with van der Waals surface area (Å²) in [6.07, 6.45) is 5.32. The van der Waals surface area contributed by atoms with Crippen molar-refractivity contribution in [2.24, 2.45) is 5.92 Å². The molecule has 0 saturated heterocycles. The van der Waals surface area contributed by atoms with Gasteiger partial charge in [-0.15, -0.1) is 0 Å². The zero-order chi connectivity index (χ0) is 17.9. The number of ketones is 1. The third-order valence-corrected chi connectivity index (χ3v) is 4.34. The van der Waals surface area contributed by atoms with Crippen molar-refractivity contribution in [2.75, 3.05) is 7.11 Å². The zero-order valence-corrected chi connectivity index (χ0v) is 14.5. The van der Waals surface area contributed by atoms with Crippen LogP contribution < -0.4 is 0 Å². The van der Waals surface area contributed by atoms with E-state index in [1.807, 2.05) is 12.2 Å². The van der Waals surface area contributed by atoms with Crippen LogP contribution >= 0.6 is 0 Å². The van der Waals surface area contributed by atoms with Gasteiger partial charge in [0.15, 0.2) is 6.10 Å². The average Bonchev–Trinajstić information content (AvgIpc) is 2.88.